The molecule has 0 bridgehead atoms. The number of benzene rings is 2. The summed E-state index contributed by atoms with van der Waals surface area (Å²) >= 11 is 0. The van der Waals surface area contributed by atoms with Gasteiger partial charge in [-0.3, -0.25) is 0 Å². The molecule has 0 aliphatic rings. The molecule has 2 rings (SSSR count). The van der Waals surface area contributed by atoms with Crippen molar-refractivity contribution in [2.75, 3.05) is 11.9 Å². The summed E-state index contributed by atoms with van der Waals surface area (Å²) < 4.78 is 5.49. The van der Waals surface area contributed by atoms with Crippen LogP contribution in [0.5, 0.6) is 5.75 Å². The van der Waals surface area contributed by atoms with Crippen LogP contribution in [-0.4, -0.2) is 6.61 Å². The highest BCUT2D eigenvalue weighted by molar-refractivity contribution is 5.57. The monoisotopic (exact) mass is 266 g/mol. The summed E-state index contributed by atoms with van der Waals surface area (Å²) in [6.07, 6.45) is 0. The van der Waals surface area contributed by atoms with E-state index in [0.29, 0.717) is 18.7 Å². The largest absolute Gasteiger partial charge is 0.494 e. The fraction of sp³-hybridized carbons (Fsp3) is 0.235. The standard InChI is InChI=1S/C17H18N2O/c1-3-20-16-8-4-6-14(10-16)12-19-17-9-5-7-15(11-18)13(17)2/h4-10,19H,3,12H2,1-2H3. The Bertz CT molecular complexity index is 629. The first-order valence-electron chi connectivity index (χ1n) is 6.70. The van der Waals surface area contributed by atoms with Crippen molar-refractivity contribution < 1.29 is 4.74 Å². The van der Waals surface area contributed by atoms with Gasteiger partial charge in [-0.2, -0.15) is 5.26 Å². The average molecular weight is 266 g/mol. The summed E-state index contributed by atoms with van der Waals surface area (Å²) in [7, 11) is 0. The number of nitrogens with zero attached hydrogens (tertiary/aromatic N) is 1. The van der Waals surface area contributed by atoms with Crippen molar-refractivity contribution in [1.82, 2.24) is 0 Å². The molecular formula is C17H18N2O. The number of hydrogen-bond donors (Lipinski definition) is 1. The molecule has 0 aliphatic heterocycles. The molecule has 2 aromatic carbocycles. The molecule has 3 nitrogen and oxygen atoms in total. The Morgan fingerprint density at radius 3 is 2.75 bits per heavy atom. The van der Waals surface area contributed by atoms with Gasteiger partial charge in [0.15, 0.2) is 0 Å². The Morgan fingerprint density at radius 2 is 2.00 bits per heavy atom. The van der Waals surface area contributed by atoms with Gasteiger partial charge in [0.2, 0.25) is 0 Å². The summed E-state index contributed by atoms with van der Waals surface area (Å²) in [5.41, 5.74) is 3.83. The predicted molar refractivity (Wildman–Crippen MR) is 80.8 cm³/mol. The van der Waals surface area contributed by atoms with Gasteiger partial charge < -0.3 is 10.1 Å². The van der Waals surface area contributed by atoms with Gasteiger partial charge in [0.25, 0.3) is 0 Å². The average Bonchev–Trinajstić information content (AvgIpc) is 2.47. The van der Waals surface area contributed by atoms with Gasteiger partial charge in [0.05, 0.1) is 18.2 Å². The van der Waals surface area contributed by atoms with Crippen LogP contribution in [0.15, 0.2) is 42.5 Å². The number of nitriles is 1. The molecule has 3 heteroatoms. The van der Waals surface area contributed by atoms with Crippen LogP contribution in [0, 0.1) is 18.3 Å². The molecular weight excluding hydrogens is 248 g/mol. The highest BCUT2D eigenvalue weighted by Crippen LogP contribution is 2.20. The molecule has 0 spiro atoms. The van der Waals surface area contributed by atoms with Crippen molar-refractivity contribution in [2.24, 2.45) is 0 Å². The van der Waals surface area contributed by atoms with E-state index in [1.807, 2.05) is 50.2 Å². The zero-order valence-electron chi connectivity index (χ0n) is 11.8. The van der Waals surface area contributed by atoms with Gasteiger partial charge in [0.1, 0.15) is 5.75 Å². The number of rotatable bonds is 5. The lowest BCUT2D eigenvalue weighted by atomic mass is 10.1. The summed E-state index contributed by atoms with van der Waals surface area (Å²) in [6, 6.07) is 15.9. The van der Waals surface area contributed by atoms with E-state index in [2.05, 4.69) is 17.5 Å². The molecule has 20 heavy (non-hydrogen) atoms. The molecule has 0 atom stereocenters. The van der Waals surface area contributed by atoms with Crippen molar-refractivity contribution in [2.45, 2.75) is 20.4 Å². The lowest BCUT2D eigenvalue weighted by molar-refractivity contribution is 0.340. The molecule has 0 aliphatic carbocycles. The second kappa shape index (κ2) is 6.63. The van der Waals surface area contributed by atoms with Crippen molar-refractivity contribution in [1.29, 1.82) is 5.26 Å². The zero-order chi connectivity index (χ0) is 14.4. The summed E-state index contributed by atoms with van der Waals surface area (Å²) in [4.78, 5) is 0. The van der Waals surface area contributed by atoms with E-state index in [4.69, 9.17) is 10.00 Å². The third-order valence-corrected chi connectivity index (χ3v) is 3.15. The number of hydrogen-bond acceptors (Lipinski definition) is 3. The second-order valence-electron chi connectivity index (χ2n) is 4.52. The van der Waals surface area contributed by atoms with Crippen LogP contribution in [0.4, 0.5) is 5.69 Å². The molecule has 1 N–H and O–H groups in total. The topological polar surface area (TPSA) is 45.0 Å². The molecule has 2 aromatic rings. The van der Waals surface area contributed by atoms with E-state index in [-0.39, 0.29) is 0 Å². The number of anilines is 1. The summed E-state index contributed by atoms with van der Waals surface area (Å²) in [5.74, 6) is 0.884. The van der Waals surface area contributed by atoms with E-state index < -0.39 is 0 Å². The maximum atomic E-state index is 9.03. The highest BCUT2D eigenvalue weighted by atomic mass is 16.5. The Morgan fingerprint density at radius 1 is 1.20 bits per heavy atom. The lowest BCUT2D eigenvalue weighted by Crippen LogP contribution is -2.02. The fourth-order valence-corrected chi connectivity index (χ4v) is 2.06. The fourth-order valence-electron chi connectivity index (χ4n) is 2.06. The van der Waals surface area contributed by atoms with Crippen LogP contribution in [0.25, 0.3) is 0 Å². The first-order chi connectivity index (χ1) is 9.74. The minimum atomic E-state index is 0.667. The van der Waals surface area contributed by atoms with Crippen LogP contribution in [-0.2, 0) is 6.54 Å². The molecule has 0 fully saturated rings. The zero-order valence-corrected chi connectivity index (χ0v) is 11.8. The summed E-state index contributed by atoms with van der Waals surface area (Å²) in [6.45, 7) is 5.30. The van der Waals surface area contributed by atoms with Gasteiger partial charge in [-0.1, -0.05) is 18.2 Å². The smallest absolute Gasteiger partial charge is 0.119 e. The summed E-state index contributed by atoms with van der Waals surface area (Å²) in [5, 5.41) is 12.4. The maximum absolute atomic E-state index is 9.03. The first-order valence-corrected chi connectivity index (χ1v) is 6.70. The SMILES string of the molecule is CCOc1cccc(CNc2cccc(C#N)c2C)c1. The maximum Gasteiger partial charge on any atom is 0.119 e. The quantitative estimate of drug-likeness (QED) is 0.893. The second-order valence-corrected chi connectivity index (χ2v) is 4.52. The Balaban J connectivity index is 2.09. The third-order valence-electron chi connectivity index (χ3n) is 3.15. The molecule has 102 valence electrons. The van der Waals surface area contributed by atoms with Gasteiger partial charge >= 0.3 is 0 Å². The molecule has 0 saturated heterocycles. The predicted octanol–water partition coefficient (Wildman–Crippen LogP) is 3.88. The van der Waals surface area contributed by atoms with Crippen LogP contribution < -0.4 is 10.1 Å². The Kier molecular flexibility index (Phi) is 4.62. The van der Waals surface area contributed by atoms with E-state index in [1.54, 1.807) is 0 Å². The minimum absolute atomic E-state index is 0.667. The van der Waals surface area contributed by atoms with Crippen LogP contribution in [0.3, 0.4) is 0 Å². The van der Waals surface area contributed by atoms with E-state index in [9.17, 15) is 0 Å². The van der Waals surface area contributed by atoms with Crippen LogP contribution in [0.1, 0.15) is 23.6 Å². The van der Waals surface area contributed by atoms with Crippen molar-refractivity contribution in [3.05, 3.63) is 59.2 Å². The Labute approximate surface area is 119 Å². The molecule has 0 aromatic heterocycles. The Hall–Kier alpha value is -2.47. The highest BCUT2D eigenvalue weighted by Gasteiger charge is 2.03. The molecule has 0 heterocycles. The lowest BCUT2D eigenvalue weighted by Gasteiger charge is -2.11. The number of nitrogens with one attached hydrogen (secondary N) is 1. The van der Waals surface area contributed by atoms with E-state index >= 15 is 0 Å². The van der Waals surface area contributed by atoms with Gasteiger partial charge in [-0.25, -0.2) is 0 Å². The first kappa shape index (κ1) is 14.0. The normalized spacial score (nSPS) is 9.85. The van der Waals surface area contributed by atoms with Gasteiger partial charge in [0, 0.05) is 12.2 Å². The van der Waals surface area contributed by atoms with E-state index in [1.165, 1.54) is 0 Å². The molecule has 0 radical (unpaired) electrons. The molecule has 0 amide bonds. The van der Waals surface area contributed by atoms with Crippen molar-refractivity contribution >= 4 is 5.69 Å². The van der Waals surface area contributed by atoms with Gasteiger partial charge in [-0.15, -0.1) is 0 Å². The third kappa shape index (κ3) is 3.30. The van der Waals surface area contributed by atoms with E-state index in [0.717, 1.165) is 22.6 Å². The van der Waals surface area contributed by atoms with Crippen molar-refractivity contribution in [3.8, 4) is 11.8 Å². The number of ether oxygens (including phenoxy) is 1. The van der Waals surface area contributed by atoms with Gasteiger partial charge in [-0.05, 0) is 49.2 Å². The molecule has 0 unspecified atom stereocenters. The van der Waals surface area contributed by atoms with Crippen molar-refractivity contribution in [3.63, 3.8) is 0 Å². The minimum Gasteiger partial charge on any atom is -0.494 e. The van der Waals surface area contributed by atoms with Crippen LogP contribution >= 0.6 is 0 Å². The van der Waals surface area contributed by atoms with Crippen LogP contribution in [0.2, 0.25) is 0 Å². The molecule has 0 saturated carbocycles.